The summed E-state index contributed by atoms with van der Waals surface area (Å²) in [5.74, 6) is 0.731. The summed E-state index contributed by atoms with van der Waals surface area (Å²) in [6, 6.07) is 10.4. The van der Waals surface area contributed by atoms with Gasteiger partial charge in [0.05, 0.1) is 0 Å². The molecule has 0 bridgehead atoms. The van der Waals surface area contributed by atoms with E-state index in [0.29, 0.717) is 13.1 Å². The third-order valence-electron chi connectivity index (χ3n) is 3.09. The molecule has 0 aliphatic carbocycles. The van der Waals surface area contributed by atoms with Gasteiger partial charge in [-0.2, -0.15) is 0 Å². The van der Waals surface area contributed by atoms with Crippen LogP contribution in [0.25, 0.3) is 0 Å². The number of aryl methyl sites for hydroxylation is 1. The van der Waals surface area contributed by atoms with E-state index in [4.69, 9.17) is 4.74 Å². The van der Waals surface area contributed by atoms with Crippen LogP contribution in [0.15, 0.2) is 35.3 Å². The lowest BCUT2D eigenvalue weighted by molar-refractivity contribution is 0.0529. The maximum Gasteiger partial charge on any atom is 0.407 e. The second-order valence-corrected chi connectivity index (χ2v) is 6.44. The number of benzene rings is 1. The summed E-state index contributed by atoms with van der Waals surface area (Å²) in [7, 11) is 1.73. The van der Waals surface area contributed by atoms with Crippen molar-refractivity contribution in [3.63, 3.8) is 0 Å². The summed E-state index contributed by atoms with van der Waals surface area (Å²) in [5.41, 5.74) is 0.859. The molecule has 0 fully saturated rings. The van der Waals surface area contributed by atoms with Crippen molar-refractivity contribution in [1.29, 1.82) is 0 Å². The van der Waals surface area contributed by atoms with Crippen LogP contribution in [0.5, 0.6) is 0 Å². The number of alkyl carbamates (subject to hydrolysis) is 1. The van der Waals surface area contributed by atoms with Gasteiger partial charge in [0.2, 0.25) is 0 Å². The molecule has 1 rings (SSSR count). The number of hydrogen-bond donors (Lipinski definition) is 3. The highest BCUT2D eigenvalue weighted by Crippen LogP contribution is 2.06. The summed E-state index contributed by atoms with van der Waals surface area (Å²) >= 11 is 0. The average molecular weight is 462 g/mol. The van der Waals surface area contributed by atoms with Crippen LogP contribution in [0, 0.1) is 0 Å². The van der Waals surface area contributed by atoms with E-state index in [-0.39, 0.29) is 24.0 Å². The molecule has 142 valence electrons. The van der Waals surface area contributed by atoms with Crippen LogP contribution >= 0.6 is 24.0 Å². The number of guanidine groups is 1. The summed E-state index contributed by atoms with van der Waals surface area (Å²) in [4.78, 5) is 15.7. The molecule has 0 saturated heterocycles. The monoisotopic (exact) mass is 462 g/mol. The molecular formula is C18H31IN4O2. The van der Waals surface area contributed by atoms with Crippen molar-refractivity contribution >= 4 is 36.0 Å². The molecule has 25 heavy (non-hydrogen) atoms. The van der Waals surface area contributed by atoms with Gasteiger partial charge in [0.25, 0.3) is 0 Å². The molecule has 0 radical (unpaired) electrons. The first-order valence-corrected chi connectivity index (χ1v) is 8.36. The molecule has 7 heteroatoms. The van der Waals surface area contributed by atoms with Gasteiger partial charge < -0.3 is 20.7 Å². The Morgan fingerprint density at radius 1 is 1.04 bits per heavy atom. The van der Waals surface area contributed by atoms with Gasteiger partial charge in [0.15, 0.2) is 5.96 Å². The summed E-state index contributed by atoms with van der Waals surface area (Å²) in [6.45, 7) is 7.41. The van der Waals surface area contributed by atoms with Crippen LogP contribution in [-0.2, 0) is 11.2 Å². The number of carbonyl (C=O) groups is 1. The van der Waals surface area contributed by atoms with Crippen LogP contribution in [0.1, 0.15) is 32.8 Å². The van der Waals surface area contributed by atoms with E-state index in [0.717, 1.165) is 25.3 Å². The average Bonchev–Trinajstić information content (AvgIpc) is 2.52. The minimum Gasteiger partial charge on any atom is -0.444 e. The Hall–Kier alpha value is -1.51. The lowest BCUT2D eigenvalue weighted by Crippen LogP contribution is -2.42. The highest BCUT2D eigenvalue weighted by molar-refractivity contribution is 14.0. The molecule has 1 aromatic rings. The smallest absolute Gasteiger partial charge is 0.407 e. The Bertz CT molecular complexity index is 516. The first kappa shape index (κ1) is 23.5. The Labute approximate surface area is 168 Å². The van der Waals surface area contributed by atoms with E-state index in [1.54, 1.807) is 7.05 Å². The highest BCUT2D eigenvalue weighted by Gasteiger charge is 2.15. The molecule has 0 atom stereocenters. The van der Waals surface area contributed by atoms with E-state index in [1.165, 1.54) is 5.56 Å². The third-order valence-corrected chi connectivity index (χ3v) is 3.09. The first-order valence-electron chi connectivity index (χ1n) is 8.36. The largest absolute Gasteiger partial charge is 0.444 e. The lowest BCUT2D eigenvalue weighted by Gasteiger charge is -2.19. The third kappa shape index (κ3) is 12.5. The SMILES string of the molecule is CN=C(NCCCc1ccccc1)NCCNC(=O)OC(C)(C)C.I. The number of ether oxygens (including phenoxy) is 1. The van der Waals surface area contributed by atoms with Crippen molar-refractivity contribution in [2.24, 2.45) is 4.99 Å². The standard InChI is InChI=1S/C18H30N4O2.HI/c1-18(2,3)24-17(23)22-14-13-21-16(19-4)20-12-8-11-15-9-6-5-7-10-15;/h5-7,9-10H,8,11-14H2,1-4H3,(H,22,23)(H2,19,20,21);1H. The van der Waals surface area contributed by atoms with E-state index >= 15 is 0 Å². The molecule has 1 amide bonds. The number of hydrogen-bond acceptors (Lipinski definition) is 3. The fourth-order valence-corrected chi connectivity index (χ4v) is 2.02. The number of rotatable bonds is 7. The zero-order valence-electron chi connectivity index (χ0n) is 15.6. The number of aliphatic imine (C=N–C) groups is 1. The summed E-state index contributed by atoms with van der Waals surface area (Å²) in [5, 5.41) is 9.12. The number of nitrogens with one attached hydrogen (secondary N) is 3. The topological polar surface area (TPSA) is 74.8 Å². The van der Waals surface area contributed by atoms with Crippen LogP contribution in [0.3, 0.4) is 0 Å². The van der Waals surface area contributed by atoms with Gasteiger partial charge in [-0.25, -0.2) is 4.79 Å². The van der Waals surface area contributed by atoms with Crippen molar-refractivity contribution in [1.82, 2.24) is 16.0 Å². The van der Waals surface area contributed by atoms with Crippen LogP contribution in [-0.4, -0.2) is 44.3 Å². The summed E-state index contributed by atoms with van der Waals surface area (Å²) in [6.07, 6.45) is 1.65. The first-order chi connectivity index (χ1) is 11.4. The molecule has 0 heterocycles. The van der Waals surface area contributed by atoms with Gasteiger partial charge in [-0.3, -0.25) is 4.99 Å². The molecule has 6 nitrogen and oxygen atoms in total. The highest BCUT2D eigenvalue weighted by atomic mass is 127. The maximum absolute atomic E-state index is 11.5. The Morgan fingerprint density at radius 3 is 2.24 bits per heavy atom. The molecule has 0 aliphatic rings. The van der Waals surface area contributed by atoms with Crippen LogP contribution in [0.4, 0.5) is 4.79 Å². The van der Waals surface area contributed by atoms with Crippen molar-refractivity contribution < 1.29 is 9.53 Å². The predicted octanol–water partition coefficient (Wildman–Crippen LogP) is 2.93. The molecular weight excluding hydrogens is 431 g/mol. The predicted molar refractivity (Wildman–Crippen MR) is 114 cm³/mol. The second-order valence-electron chi connectivity index (χ2n) is 6.44. The van der Waals surface area contributed by atoms with Gasteiger partial charge in [0, 0.05) is 26.7 Å². The van der Waals surface area contributed by atoms with Gasteiger partial charge in [-0.05, 0) is 39.2 Å². The fourth-order valence-electron chi connectivity index (χ4n) is 2.02. The van der Waals surface area contributed by atoms with Crippen molar-refractivity contribution in [2.45, 2.75) is 39.2 Å². The number of amides is 1. The number of carbonyl (C=O) groups excluding carboxylic acids is 1. The van der Waals surface area contributed by atoms with E-state index < -0.39 is 11.7 Å². The van der Waals surface area contributed by atoms with E-state index in [9.17, 15) is 4.79 Å². The molecule has 1 aromatic carbocycles. The molecule has 0 unspecified atom stereocenters. The van der Waals surface area contributed by atoms with Gasteiger partial charge in [-0.1, -0.05) is 30.3 Å². The van der Waals surface area contributed by atoms with E-state index in [1.807, 2.05) is 26.8 Å². The van der Waals surface area contributed by atoms with Crippen molar-refractivity contribution in [2.75, 3.05) is 26.7 Å². The molecule has 0 aromatic heterocycles. The second kappa shape index (κ2) is 12.8. The quantitative estimate of drug-likeness (QED) is 0.252. The molecule has 0 saturated carbocycles. The molecule has 0 spiro atoms. The summed E-state index contributed by atoms with van der Waals surface area (Å²) < 4.78 is 5.17. The maximum atomic E-state index is 11.5. The minimum absolute atomic E-state index is 0. The number of halogens is 1. The van der Waals surface area contributed by atoms with Crippen LogP contribution in [0.2, 0.25) is 0 Å². The fraction of sp³-hybridized carbons (Fsp3) is 0.556. The zero-order chi connectivity index (χ0) is 17.8. The normalized spacial score (nSPS) is 11.3. The molecule has 3 N–H and O–H groups in total. The zero-order valence-corrected chi connectivity index (χ0v) is 17.9. The lowest BCUT2D eigenvalue weighted by atomic mass is 10.1. The van der Waals surface area contributed by atoms with Gasteiger partial charge >= 0.3 is 6.09 Å². The minimum atomic E-state index is -0.478. The van der Waals surface area contributed by atoms with Crippen LogP contribution < -0.4 is 16.0 Å². The van der Waals surface area contributed by atoms with E-state index in [2.05, 4.69) is 45.2 Å². The Kier molecular flexibility index (Phi) is 12.0. The van der Waals surface area contributed by atoms with Gasteiger partial charge in [0.1, 0.15) is 5.60 Å². The number of nitrogens with zero attached hydrogens (tertiary/aromatic N) is 1. The van der Waals surface area contributed by atoms with Crippen molar-refractivity contribution in [3.8, 4) is 0 Å². The Balaban J connectivity index is 0.00000576. The van der Waals surface area contributed by atoms with Gasteiger partial charge in [-0.15, -0.1) is 24.0 Å². The molecule has 0 aliphatic heterocycles. The van der Waals surface area contributed by atoms with Crippen molar-refractivity contribution in [3.05, 3.63) is 35.9 Å². The Morgan fingerprint density at radius 2 is 1.64 bits per heavy atom.